The van der Waals surface area contributed by atoms with E-state index < -0.39 is 11.7 Å². The number of ketones is 1. The molecule has 0 bridgehead atoms. The number of nitrogens with one attached hydrogen (secondary N) is 1. The van der Waals surface area contributed by atoms with E-state index in [1.165, 1.54) is 0 Å². The van der Waals surface area contributed by atoms with Gasteiger partial charge in [0.05, 0.1) is 6.61 Å². The van der Waals surface area contributed by atoms with E-state index in [1.54, 1.807) is 0 Å². The zero-order valence-corrected chi connectivity index (χ0v) is 15.8. The van der Waals surface area contributed by atoms with Gasteiger partial charge in [0.1, 0.15) is 11.4 Å². The summed E-state index contributed by atoms with van der Waals surface area (Å²) in [5.41, 5.74) is 0.629. The lowest BCUT2D eigenvalue weighted by Crippen LogP contribution is -2.33. The summed E-state index contributed by atoms with van der Waals surface area (Å²) in [5, 5.41) is 2.66. The summed E-state index contributed by atoms with van der Waals surface area (Å²) in [6.45, 7) is 9.05. The van der Waals surface area contributed by atoms with Crippen LogP contribution in [-0.4, -0.2) is 30.6 Å². The number of Topliss-reactive ketones (excluding diaryl/α,β-unsaturated/α-hetero) is 1. The average Bonchev–Trinajstić information content (AvgIpc) is 2.51. The summed E-state index contributed by atoms with van der Waals surface area (Å²) >= 11 is 0. The molecule has 0 aliphatic rings. The van der Waals surface area contributed by atoms with Crippen molar-refractivity contribution in [2.24, 2.45) is 5.92 Å². The molecule has 0 aliphatic carbocycles. The van der Waals surface area contributed by atoms with Gasteiger partial charge in [-0.25, -0.2) is 4.79 Å². The fourth-order valence-electron chi connectivity index (χ4n) is 2.29. The standard InChI is InChI=1S/C20H31NO4/c1-16(14-24-15-17-9-6-5-7-10-17)13-18(22)11-8-12-21-19(23)25-20(2,3)4/h5-7,9-10,16H,8,11-15H2,1-4H3,(H,21,23). The predicted molar refractivity (Wildman–Crippen MR) is 98.4 cm³/mol. The number of ether oxygens (including phenoxy) is 2. The number of amides is 1. The molecule has 0 aromatic heterocycles. The molecule has 25 heavy (non-hydrogen) atoms. The highest BCUT2D eigenvalue weighted by molar-refractivity contribution is 5.78. The Labute approximate surface area is 151 Å². The van der Waals surface area contributed by atoms with Gasteiger partial charge in [0, 0.05) is 26.0 Å². The van der Waals surface area contributed by atoms with Crippen molar-refractivity contribution in [3.63, 3.8) is 0 Å². The van der Waals surface area contributed by atoms with Crippen LogP contribution in [0.1, 0.15) is 52.5 Å². The molecule has 0 aliphatic heterocycles. The van der Waals surface area contributed by atoms with Gasteiger partial charge in [0.25, 0.3) is 0 Å². The molecule has 140 valence electrons. The van der Waals surface area contributed by atoms with Crippen molar-refractivity contribution in [3.8, 4) is 0 Å². The van der Waals surface area contributed by atoms with Gasteiger partial charge in [0.15, 0.2) is 0 Å². The number of rotatable bonds is 10. The molecule has 0 radical (unpaired) electrons. The second-order valence-corrected chi connectivity index (χ2v) is 7.38. The highest BCUT2D eigenvalue weighted by atomic mass is 16.6. The van der Waals surface area contributed by atoms with Gasteiger partial charge in [-0.15, -0.1) is 0 Å². The first-order valence-corrected chi connectivity index (χ1v) is 8.86. The molecule has 1 N–H and O–H groups in total. The van der Waals surface area contributed by atoms with Crippen LogP contribution < -0.4 is 5.32 Å². The molecular formula is C20H31NO4. The van der Waals surface area contributed by atoms with Crippen LogP contribution in [0.2, 0.25) is 0 Å². The van der Waals surface area contributed by atoms with E-state index in [-0.39, 0.29) is 11.7 Å². The molecule has 1 rings (SSSR count). The molecule has 0 fully saturated rings. The van der Waals surface area contributed by atoms with Crippen LogP contribution >= 0.6 is 0 Å². The molecule has 0 heterocycles. The average molecular weight is 349 g/mol. The van der Waals surface area contributed by atoms with E-state index in [9.17, 15) is 9.59 Å². The van der Waals surface area contributed by atoms with Crippen molar-refractivity contribution >= 4 is 11.9 Å². The minimum Gasteiger partial charge on any atom is -0.444 e. The van der Waals surface area contributed by atoms with Crippen LogP contribution in [0.3, 0.4) is 0 Å². The molecule has 0 saturated carbocycles. The maximum atomic E-state index is 12.0. The van der Waals surface area contributed by atoms with Gasteiger partial charge in [0.2, 0.25) is 0 Å². The highest BCUT2D eigenvalue weighted by Crippen LogP contribution is 2.09. The van der Waals surface area contributed by atoms with E-state index in [2.05, 4.69) is 5.32 Å². The Balaban J connectivity index is 2.08. The van der Waals surface area contributed by atoms with Gasteiger partial charge in [-0.2, -0.15) is 0 Å². The van der Waals surface area contributed by atoms with Crippen molar-refractivity contribution in [2.75, 3.05) is 13.2 Å². The Morgan fingerprint density at radius 2 is 1.84 bits per heavy atom. The largest absolute Gasteiger partial charge is 0.444 e. The Bertz CT molecular complexity index is 522. The molecule has 5 nitrogen and oxygen atoms in total. The summed E-state index contributed by atoms with van der Waals surface area (Å²) in [6, 6.07) is 9.98. The van der Waals surface area contributed by atoms with Gasteiger partial charge >= 0.3 is 6.09 Å². The molecule has 5 heteroatoms. The maximum Gasteiger partial charge on any atom is 0.407 e. The quantitative estimate of drug-likeness (QED) is 0.646. The molecule has 1 aromatic rings. The summed E-state index contributed by atoms with van der Waals surface area (Å²) in [6.07, 6.45) is 1.14. The third kappa shape index (κ3) is 11.3. The number of hydrogen-bond donors (Lipinski definition) is 1. The summed E-state index contributed by atoms with van der Waals surface area (Å²) in [5.74, 6) is 0.386. The van der Waals surface area contributed by atoms with Gasteiger partial charge in [-0.3, -0.25) is 4.79 Å². The molecule has 1 amide bonds. The predicted octanol–water partition coefficient (Wildman–Crippen LogP) is 4.10. The summed E-state index contributed by atoms with van der Waals surface area (Å²) in [7, 11) is 0. The van der Waals surface area contributed by atoms with Crippen LogP contribution in [0.5, 0.6) is 0 Å². The molecule has 1 unspecified atom stereocenters. The summed E-state index contributed by atoms with van der Waals surface area (Å²) in [4.78, 5) is 23.4. The smallest absolute Gasteiger partial charge is 0.407 e. The number of carbonyl (C=O) groups is 2. The van der Waals surface area contributed by atoms with Gasteiger partial charge < -0.3 is 14.8 Å². The van der Waals surface area contributed by atoms with E-state index in [0.717, 1.165) is 5.56 Å². The van der Waals surface area contributed by atoms with Crippen LogP contribution in [0.25, 0.3) is 0 Å². The first-order chi connectivity index (χ1) is 11.8. The number of benzene rings is 1. The molecule has 1 atom stereocenters. The zero-order chi connectivity index (χ0) is 18.7. The lowest BCUT2D eigenvalue weighted by molar-refractivity contribution is -0.120. The highest BCUT2D eigenvalue weighted by Gasteiger charge is 2.15. The van der Waals surface area contributed by atoms with Crippen molar-refractivity contribution in [1.82, 2.24) is 5.32 Å². The van der Waals surface area contributed by atoms with Crippen molar-refractivity contribution in [2.45, 2.75) is 59.2 Å². The second kappa shape index (κ2) is 10.9. The Hall–Kier alpha value is -1.88. The SMILES string of the molecule is CC(COCc1ccccc1)CC(=O)CCCNC(=O)OC(C)(C)C. The minimum absolute atomic E-state index is 0.190. The Morgan fingerprint density at radius 1 is 1.16 bits per heavy atom. The number of alkyl carbamates (subject to hydrolysis) is 1. The van der Waals surface area contributed by atoms with Crippen LogP contribution in [-0.2, 0) is 20.9 Å². The topological polar surface area (TPSA) is 64.6 Å². The first-order valence-electron chi connectivity index (χ1n) is 8.86. The third-order valence-corrected chi connectivity index (χ3v) is 3.39. The molecule has 1 aromatic carbocycles. The van der Waals surface area contributed by atoms with Crippen LogP contribution in [0.15, 0.2) is 30.3 Å². The molecule has 0 saturated heterocycles. The van der Waals surface area contributed by atoms with E-state index >= 15 is 0 Å². The Kier molecular flexibility index (Phi) is 9.21. The lowest BCUT2D eigenvalue weighted by Gasteiger charge is -2.19. The first kappa shape index (κ1) is 21.2. The number of hydrogen-bond acceptors (Lipinski definition) is 4. The number of carbonyl (C=O) groups excluding carboxylic acids is 2. The van der Waals surface area contributed by atoms with Crippen molar-refractivity contribution in [1.29, 1.82) is 0 Å². The monoisotopic (exact) mass is 349 g/mol. The van der Waals surface area contributed by atoms with E-state index in [1.807, 2.05) is 58.0 Å². The van der Waals surface area contributed by atoms with E-state index in [0.29, 0.717) is 39.0 Å². The van der Waals surface area contributed by atoms with E-state index in [4.69, 9.17) is 9.47 Å². The van der Waals surface area contributed by atoms with Crippen molar-refractivity contribution in [3.05, 3.63) is 35.9 Å². The minimum atomic E-state index is -0.505. The molecule has 0 spiro atoms. The maximum absolute atomic E-state index is 12.0. The second-order valence-electron chi connectivity index (χ2n) is 7.38. The van der Waals surface area contributed by atoms with Crippen LogP contribution in [0.4, 0.5) is 4.79 Å². The van der Waals surface area contributed by atoms with Gasteiger partial charge in [-0.1, -0.05) is 37.3 Å². The van der Waals surface area contributed by atoms with Gasteiger partial charge in [-0.05, 0) is 38.7 Å². The van der Waals surface area contributed by atoms with Crippen molar-refractivity contribution < 1.29 is 19.1 Å². The fourth-order valence-corrected chi connectivity index (χ4v) is 2.29. The normalized spacial score (nSPS) is 12.5. The lowest BCUT2D eigenvalue weighted by atomic mass is 10.0. The Morgan fingerprint density at radius 3 is 2.48 bits per heavy atom. The van der Waals surface area contributed by atoms with Crippen LogP contribution in [0, 0.1) is 5.92 Å². The third-order valence-electron chi connectivity index (χ3n) is 3.39. The fraction of sp³-hybridized carbons (Fsp3) is 0.600. The summed E-state index contributed by atoms with van der Waals surface area (Å²) < 4.78 is 10.8. The zero-order valence-electron chi connectivity index (χ0n) is 15.8. The molecular weight excluding hydrogens is 318 g/mol.